The fraction of sp³-hybridized carbons (Fsp3) is 0.476. The van der Waals surface area contributed by atoms with Gasteiger partial charge in [0.15, 0.2) is 5.16 Å². The van der Waals surface area contributed by atoms with Gasteiger partial charge in [0.2, 0.25) is 5.91 Å². The molecule has 1 atom stereocenters. The van der Waals surface area contributed by atoms with Crippen LogP contribution >= 0.6 is 11.8 Å². The molecule has 5 nitrogen and oxygen atoms in total. The Morgan fingerprint density at radius 1 is 1.33 bits per heavy atom. The summed E-state index contributed by atoms with van der Waals surface area (Å²) in [5, 5.41) is 3.92. The van der Waals surface area contributed by atoms with Crippen molar-refractivity contribution in [2.24, 2.45) is 0 Å². The molecular weight excluding hydrogens is 358 g/mol. The maximum absolute atomic E-state index is 12.7. The quantitative estimate of drug-likeness (QED) is 0.446. The van der Waals surface area contributed by atoms with Crippen molar-refractivity contribution in [1.82, 2.24) is 14.9 Å². The van der Waals surface area contributed by atoms with E-state index in [1.54, 1.807) is 10.6 Å². The van der Waals surface area contributed by atoms with Crippen LogP contribution in [0, 0.1) is 0 Å². The van der Waals surface area contributed by atoms with Gasteiger partial charge in [-0.2, -0.15) is 0 Å². The van der Waals surface area contributed by atoms with E-state index in [0.29, 0.717) is 29.1 Å². The van der Waals surface area contributed by atoms with E-state index < -0.39 is 0 Å². The van der Waals surface area contributed by atoms with Gasteiger partial charge in [-0.1, -0.05) is 35.5 Å². The summed E-state index contributed by atoms with van der Waals surface area (Å²) < 4.78 is 1.64. The number of thioether (sulfide) groups is 1. The van der Waals surface area contributed by atoms with Crippen molar-refractivity contribution in [3.63, 3.8) is 0 Å². The Morgan fingerprint density at radius 3 is 2.89 bits per heavy atom. The first kappa shape index (κ1) is 19.7. The monoisotopic (exact) mass is 385 g/mol. The minimum absolute atomic E-state index is 0.0125. The highest BCUT2D eigenvalue weighted by molar-refractivity contribution is 8.00. The summed E-state index contributed by atoms with van der Waals surface area (Å²) in [4.78, 5) is 29.8. The van der Waals surface area contributed by atoms with Crippen molar-refractivity contribution in [2.45, 2.75) is 62.9 Å². The second-order valence-corrected chi connectivity index (χ2v) is 8.18. The molecule has 0 aliphatic heterocycles. The smallest absolute Gasteiger partial charge is 0.262 e. The molecule has 1 aromatic carbocycles. The zero-order valence-corrected chi connectivity index (χ0v) is 16.8. The molecule has 1 aromatic heterocycles. The van der Waals surface area contributed by atoms with E-state index in [-0.39, 0.29) is 16.7 Å². The number of hydrogen-bond donors (Lipinski definition) is 1. The number of amides is 1. The molecule has 2 aromatic rings. The summed E-state index contributed by atoms with van der Waals surface area (Å²) in [6.07, 6.45) is 8.10. The summed E-state index contributed by atoms with van der Waals surface area (Å²) in [6.45, 7) is 4.98. The molecule has 144 valence electrons. The number of nitrogens with zero attached hydrogens (tertiary/aromatic N) is 2. The largest absolute Gasteiger partial charge is 0.355 e. The Labute approximate surface area is 164 Å². The maximum atomic E-state index is 12.7. The van der Waals surface area contributed by atoms with Gasteiger partial charge >= 0.3 is 0 Å². The first-order valence-corrected chi connectivity index (χ1v) is 10.6. The summed E-state index contributed by atoms with van der Waals surface area (Å²) in [5.74, 6) is -0.0125. The van der Waals surface area contributed by atoms with Crippen LogP contribution in [-0.4, -0.2) is 27.3 Å². The zero-order chi connectivity index (χ0) is 19.2. The third kappa shape index (κ3) is 4.80. The molecular formula is C21H27N3O2S. The van der Waals surface area contributed by atoms with Gasteiger partial charge in [-0.25, -0.2) is 4.98 Å². The minimum atomic E-state index is -0.309. The fourth-order valence-corrected chi connectivity index (χ4v) is 4.35. The van der Waals surface area contributed by atoms with Crippen molar-refractivity contribution < 1.29 is 4.79 Å². The van der Waals surface area contributed by atoms with Crippen LogP contribution < -0.4 is 10.9 Å². The molecule has 1 aliphatic rings. The molecule has 6 heteroatoms. The topological polar surface area (TPSA) is 64.0 Å². The first-order valence-electron chi connectivity index (χ1n) is 9.72. The summed E-state index contributed by atoms with van der Waals surface area (Å²) in [5.41, 5.74) is 2.08. The fourth-order valence-electron chi connectivity index (χ4n) is 3.35. The van der Waals surface area contributed by atoms with E-state index in [1.807, 2.05) is 32.0 Å². The van der Waals surface area contributed by atoms with Crippen LogP contribution in [0.2, 0.25) is 0 Å². The number of hydrogen-bond acceptors (Lipinski definition) is 4. The number of carbonyl (C=O) groups is 1. The summed E-state index contributed by atoms with van der Waals surface area (Å²) >= 11 is 1.34. The van der Waals surface area contributed by atoms with E-state index in [1.165, 1.54) is 30.2 Å². The molecule has 1 N–H and O–H groups in total. The SMILES string of the molecule is CCn1c(SC(C)C(=O)NCCC2=CCCCC2)nc2ccccc2c1=O. The van der Waals surface area contributed by atoms with Gasteiger partial charge < -0.3 is 5.32 Å². The molecule has 0 saturated carbocycles. The Bertz CT molecular complexity index is 904. The van der Waals surface area contributed by atoms with Crippen LogP contribution in [0.4, 0.5) is 0 Å². The van der Waals surface area contributed by atoms with E-state index >= 15 is 0 Å². The van der Waals surface area contributed by atoms with Gasteiger partial charge in [0, 0.05) is 13.1 Å². The van der Waals surface area contributed by atoms with Gasteiger partial charge in [0.1, 0.15) is 0 Å². The van der Waals surface area contributed by atoms with Crippen LogP contribution in [0.3, 0.4) is 0 Å². The lowest BCUT2D eigenvalue weighted by atomic mass is 9.97. The third-order valence-electron chi connectivity index (χ3n) is 4.92. The highest BCUT2D eigenvalue weighted by atomic mass is 32.2. The van der Waals surface area contributed by atoms with Gasteiger partial charge in [-0.15, -0.1) is 0 Å². The van der Waals surface area contributed by atoms with Crippen LogP contribution in [0.25, 0.3) is 10.9 Å². The predicted octanol–water partition coefficient (Wildman–Crippen LogP) is 3.90. The number of carbonyl (C=O) groups excluding carboxylic acids is 1. The number of benzene rings is 1. The zero-order valence-electron chi connectivity index (χ0n) is 16.0. The molecule has 0 spiro atoms. The van der Waals surface area contributed by atoms with Crippen LogP contribution in [-0.2, 0) is 11.3 Å². The number of fused-ring (bicyclic) bond motifs is 1. The molecule has 1 heterocycles. The maximum Gasteiger partial charge on any atom is 0.262 e. The summed E-state index contributed by atoms with van der Waals surface area (Å²) in [6, 6.07) is 7.34. The van der Waals surface area contributed by atoms with Crippen LogP contribution in [0.1, 0.15) is 46.0 Å². The average Bonchev–Trinajstić information content (AvgIpc) is 2.69. The van der Waals surface area contributed by atoms with Crippen molar-refractivity contribution in [2.75, 3.05) is 6.54 Å². The van der Waals surface area contributed by atoms with Gasteiger partial charge in [0.25, 0.3) is 5.56 Å². The van der Waals surface area contributed by atoms with Crippen molar-refractivity contribution in [3.8, 4) is 0 Å². The van der Waals surface area contributed by atoms with E-state index in [0.717, 1.165) is 19.3 Å². The molecule has 1 aliphatic carbocycles. The Morgan fingerprint density at radius 2 is 2.15 bits per heavy atom. The summed E-state index contributed by atoms with van der Waals surface area (Å²) in [7, 11) is 0. The standard InChI is InChI=1S/C21H27N3O2S/c1-3-24-20(26)17-11-7-8-12-18(17)23-21(24)27-15(2)19(25)22-14-13-16-9-5-4-6-10-16/h7-9,11-12,15H,3-6,10,13-14H2,1-2H3,(H,22,25). The Balaban J connectivity index is 1.66. The molecule has 0 fully saturated rings. The lowest BCUT2D eigenvalue weighted by molar-refractivity contribution is -0.120. The molecule has 0 saturated heterocycles. The highest BCUT2D eigenvalue weighted by Crippen LogP contribution is 2.23. The van der Waals surface area contributed by atoms with Crippen molar-refractivity contribution in [3.05, 3.63) is 46.3 Å². The van der Waals surface area contributed by atoms with Crippen LogP contribution in [0.5, 0.6) is 0 Å². The lowest BCUT2D eigenvalue weighted by Gasteiger charge is -2.16. The van der Waals surface area contributed by atoms with E-state index in [2.05, 4.69) is 16.4 Å². The number of rotatable bonds is 7. The van der Waals surface area contributed by atoms with Crippen molar-refractivity contribution >= 4 is 28.6 Å². The molecule has 0 radical (unpaired) electrons. The predicted molar refractivity (Wildman–Crippen MR) is 111 cm³/mol. The normalized spacial score (nSPS) is 15.4. The highest BCUT2D eigenvalue weighted by Gasteiger charge is 2.18. The average molecular weight is 386 g/mol. The van der Waals surface area contributed by atoms with Gasteiger partial charge in [-0.05, 0) is 58.1 Å². The van der Waals surface area contributed by atoms with Crippen LogP contribution in [0.15, 0.2) is 45.9 Å². The third-order valence-corrected chi connectivity index (χ3v) is 6.01. The number of para-hydroxylation sites is 1. The number of nitrogens with one attached hydrogen (secondary N) is 1. The molecule has 1 unspecified atom stereocenters. The van der Waals surface area contributed by atoms with Gasteiger partial charge in [-0.3, -0.25) is 14.2 Å². The lowest BCUT2D eigenvalue weighted by Crippen LogP contribution is -2.33. The Hall–Kier alpha value is -2.08. The second-order valence-electron chi connectivity index (χ2n) is 6.87. The molecule has 3 rings (SSSR count). The van der Waals surface area contributed by atoms with Gasteiger partial charge in [0.05, 0.1) is 16.2 Å². The number of allylic oxidation sites excluding steroid dienone is 1. The molecule has 0 bridgehead atoms. The Kier molecular flexibility index (Phi) is 6.72. The second kappa shape index (κ2) is 9.22. The number of aromatic nitrogens is 2. The minimum Gasteiger partial charge on any atom is -0.355 e. The van der Waals surface area contributed by atoms with E-state index in [9.17, 15) is 9.59 Å². The van der Waals surface area contributed by atoms with E-state index in [4.69, 9.17) is 0 Å². The van der Waals surface area contributed by atoms with Crippen molar-refractivity contribution in [1.29, 1.82) is 0 Å². The molecule has 27 heavy (non-hydrogen) atoms. The molecule has 1 amide bonds. The first-order chi connectivity index (χ1) is 13.1.